The van der Waals surface area contributed by atoms with Crippen LogP contribution in [-0.2, 0) is 0 Å². The third-order valence-corrected chi connectivity index (χ3v) is 1.85. The zero-order valence-electron chi connectivity index (χ0n) is 4.02. The van der Waals surface area contributed by atoms with Crippen molar-refractivity contribution in [3.05, 3.63) is 6.92 Å². The molecule has 0 spiro atoms. The molecule has 7 heavy (non-hydrogen) atoms. The second kappa shape index (κ2) is 2.11. The van der Waals surface area contributed by atoms with Crippen molar-refractivity contribution in [1.29, 1.82) is 0 Å². The lowest BCUT2D eigenvalue weighted by molar-refractivity contribution is 0.620. The lowest BCUT2D eigenvalue weighted by atomic mass is 9.85. The molecule has 1 aliphatic carbocycles. The molecule has 0 aromatic carbocycles. The summed E-state index contributed by atoms with van der Waals surface area (Å²) in [5.41, 5.74) is 1.32. The highest BCUT2D eigenvalue weighted by Gasteiger charge is 2.12. The smallest absolute Gasteiger partial charge is 0.0830 e. The van der Waals surface area contributed by atoms with E-state index in [2.05, 4.69) is 10.1 Å². The van der Waals surface area contributed by atoms with Gasteiger partial charge in [-0.05, 0) is 12.8 Å². The van der Waals surface area contributed by atoms with Crippen LogP contribution in [-0.4, -0.2) is 5.71 Å². The predicted octanol–water partition coefficient (Wildman–Crippen LogP) is 2.02. The summed E-state index contributed by atoms with van der Waals surface area (Å²) < 4.78 is 3.99. The molecule has 0 heterocycles. The summed E-state index contributed by atoms with van der Waals surface area (Å²) in [7, 11) is 0. The molecule has 0 aromatic rings. The first-order valence-corrected chi connectivity index (χ1v) is 3.29. The Bertz CT molecular complexity index is 90.3. The van der Waals surface area contributed by atoms with Crippen LogP contribution < -0.4 is 0 Å². The maximum atomic E-state index is 3.99. The maximum Gasteiger partial charge on any atom is 0.0830 e. The second-order valence-corrected chi connectivity index (χ2v) is 2.41. The quantitative estimate of drug-likeness (QED) is 0.426. The van der Waals surface area contributed by atoms with Gasteiger partial charge in [0.15, 0.2) is 0 Å². The Morgan fingerprint density at radius 2 is 2.29 bits per heavy atom. The van der Waals surface area contributed by atoms with Gasteiger partial charge >= 0.3 is 0 Å². The van der Waals surface area contributed by atoms with E-state index in [0.29, 0.717) is 5.92 Å². The molecule has 1 rings (SSSR count). The molecule has 0 aliphatic heterocycles. The molecule has 0 unspecified atom stereocenters. The van der Waals surface area contributed by atoms with Crippen LogP contribution in [0.15, 0.2) is 3.21 Å². The van der Waals surface area contributed by atoms with Crippen molar-refractivity contribution in [3.63, 3.8) is 0 Å². The predicted molar refractivity (Wildman–Crippen MR) is 39.5 cm³/mol. The fraction of sp³-hybridized carbons (Fsp3) is 0.600. The summed E-state index contributed by atoms with van der Waals surface area (Å²) in [6, 6.07) is 0. The van der Waals surface area contributed by atoms with Gasteiger partial charge in [0.2, 0.25) is 0 Å². The lowest BCUT2D eigenvalue weighted by Gasteiger charge is -2.28. The maximum absolute atomic E-state index is 3.99. The van der Waals surface area contributed by atoms with Crippen LogP contribution in [0.2, 0.25) is 0 Å². The first kappa shape index (κ1) is 5.54. The first-order chi connectivity index (χ1) is 3.33. The zero-order valence-corrected chi connectivity index (χ0v) is 6.18. The normalized spacial score (nSPS) is 29.4. The summed E-state index contributed by atoms with van der Waals surface area (Å²) >= 11 is 2.03. The van der Waals surface area contributed by atoms with Crippen LogP contribution in [0.5, 0.6) is 0 Å². The highest BCUT2D eigenvalue weighted by Crippen LogP contribution is 2.23. The Morgan fingerprint density at radius 1 is 1.71 bits per heavy atom. The largest absolute Gasteiger partial charge is 0.340 e. The molecular weight excluding hydrogens is 201 g/mol. The number of hydrogen-bond acceptors (Lipinski definition) is 1. The van der Waals surface area contributed by atoms with E-state index in [1.807, 2.05) is 22.9 Å². The fourth-order valence-corrected chi connectivity index (χ4v) is 1.07. The molecular formula is C5H7IN-. The minimum atomic E-state index is 0.661. The Kier molecular flexibility index (Phi) is 1.67. The SMILES string of the molecule is [CH2-]C1CC(=NI)C1. The molecule has 1 aliphatic rings. The van der Waals surface area contributed by atoms with E-state index in [1.54, 1.807) is 0 Å². The van der Waals surface area contributed by atoms with Crippen molar-refractivity contribution in [2.45, 2.75) is 12.8 Å². The summed E-state index contributed by atoms with van der Waals surface area (Å²) in [6.07, 6.45) is 2.26. The topological polar surface area (TPSA) is 12.4 Å². The summed E-state index contributed by atoms with van der Waals surface area (Å²) in [4.78, 5) is 0. The molecule has 0 radical (unpaired) electrons. The molecule has 1 saturated carbocycles. The van der Waals surface area contributed by atoms with Crippen molar-refractivity contribution in [2.75, 3.05) is 0 Å². The Labute approximate surface area is 57.7 Å². The summed E-state index contributed by atoms with van der Waals surface area (Å²) in [5.74, 6) is 0.661. The summed E-state index contributed by atoms with van der Waals surface area (Å²) in [5, 5.41) is 0. The van der Waals surface area contributed by atoms with E-state index in [4.69, 9.17) is 0 Å². The highest BCUT2D eigenvalue weighted by molar-refractivity contribution is 14.1. The van der Waals surface area contributed by atoms with E-state index < -0.39 is 0 Å². The van der Waals surface area contributed by atoms with Crippen molar-refractivity contribution >= 4 is 28.6 Å². The van der Waals surface area contributed by atoms with Crippen molar-refractivity contribution in [2.24, 2.45) is 9.12 Å². The standard InChI is InChI=1S/C5H7IN/c1-4-2-5(3-4)7-6/h4H,1-3H2/q-1. The monoisotopic (exact) mass is 208 g/mol. The number of rotatable bonds is 0. The molecule has 0 aromatic heterocycles. The van der Waals surface area contributed by atoms with E-state index in [1.165, 1.54) is 5.71 Å². The van der Waals surface area contributed by atoms with Crippen LogP contribution in [0.3, 0.4) is 0 Å². The van der Waals surface area contributed by atoms with E-state index in [0.717, 1.165) is 12.8 Å². The van der Waals surface area contributed by atoms with Crippen molar-refractivity contribution in [1.82, 2.24) is 0 Å². The van der Waals surface area contributed by atoms with Gasteiger partial charge < -0.3 is 6.92 Å². The van der Waals surface area contributed by atoms with Gasteiger partial charge in [0.05, 0.1) is 22.9 Å². The third-order valence-electron chi connectivity index (χ3n) is 1.17. The molecule has 40 valence electrons. The number of nitrogens with zero attached hydrogens (tertiary/aromatic N) is 1. The molecule has 2 heteroatoms. The minimum absolute atomic E-state index is 0.661. The van der Waals surface area contributed by atoms with Gasteiger partial charge in [-0.25, -0.2) is 3.21 Å². The van der Waals surface area contributed by atoms with Crippen LogP contribution >= 0.6 is 22.9 Å². The van der Waals surface area contributed by atoms with Crippen molar-refractivity contribution < 1.29 is 0 Å². The first-order valence-electron chi connectivity index (χ1n) is 2.32. The van der Waals surface area contributed by atoms with Gasteiger partial charge in [-0.15, -0.1) is 0 Å². The van der Waals surface area contributed by atoms with Gasteiger partial charge in [0.25, 0.3) is 0 Å². The molecule has 1 nitrogen and oxygen atoms in total. The lowest BCUT2D eigenvalue weighted by Crippen LogP contribution is -2.19. The van der Waals surface area contributed by atoms with Crippen LogP contribution in [0, 0.1) is 12.8 Å². The van der Waals surface area contributed by atoms with E-state index in [9.17, 15) is 0 Å². The average molecular weight is 208 g/mol. The average Bonchev–Trinajstić information content (AvgIpc) is 1.58. The minimum Gasteiger partial charge on any atom is -0.340 e. The van der Waals surface area contributed by atoms with E-state index in [-0.39, 0.29) is 0 Å². The second-order valence-electron chi connectivity index (χ2n) is 1.93. The number of hydrogen-bond donors (Lipinski definition) is 0. The molecule has 0 saturated heterocycles. The van der Waals surface area contributed by atoms with Gasteiger partial charge in [-0.3, -0.25) is 0 Å². The number of halogens is 1. The highest BCUT2D eigenvalue weighted by atomic mass is 127. The van der Waals surface area contributed by atoms with Crippen LogP contribution in [0.1, 0.15) is 12.8 Å². The van der Waals surface area contributed by atoms with Crippen molar-refractivity contribution in [3.8, 4) is 0 Å². The third kappa shape index (κ3) is 1.15. The Balaban J connectivity index is 2.30. The Morgan fingerprint density at radius 3 is 2.43 bits per heavy atom. The molecule has 0 N–H and O–H groups in total. The van der Waals surface area contributed by atoms with E-state index >= 15 is 0 Å². The molecule has 0 amide bonds. The zero-order chi connectivity index (χ0) is 5.28. The molecule has 1 fully saturated rings. The van der Waals surface area contributed by atoms with Crippen LogP contribution in [0.25, 0.3) is 0 Å². The van der Waals surface area contributed by atoms with Gasteiger partial charge in [-0.1, -0.05) is 0 Å². The van der Waals surface area contributed by atoms with Gasteiger partial charge in [0.1, 0.15) is 0 Å². The van der Waals surface area contributed by atoms with Gasteiger partial charge in [-0.2, -0.15) is 5.92 Å². The summed E-state index contributed by atoms with van der Waals surface area (Å²) in [6.45, 7) is 3.86. The Hall–Kier alpha value is 0.400. The fourth-order valence-electron chi connectivity index (χ4n) is 0.676. The molecule has 0 bridgehead atoms. The molecule has 0 atom stereocenters. The van der Waals surface area contributed by atoms with Crippen LogP contribution in [0.4, 0.5) is 0 Å². The van der Waals surface area contributed by atoms with Gasteiger partial charge in [0, 0.05) is 5.71 Å².